The smallest absolute Gasteiger partial charge is 0.347 e. The highest BCUT2D eigenvalue weighted by Gasteiger charge is 2.34. The summed E-state index contributed by atoms with van der Waals surface area (Å²) in [5, 5.41) is 20.9. The minimum atomic E-state index is -1.13. The molecule has 0 saturated carbocycles. The van der Waals surface area contributed by atoms with E-state index in [1.807, 2.05) is 0 Å². The number of rotatable bonds is 9. The Hall–Kier alpha value is -5.43. The Balaban J connectivity index is 1.66. The Morgan fingerprint density at radius 2 is 1.21 bits per heavy atom. The van der Waals surface area contributed by atoms with Crippen molar-refractivity contribution in [3.8, 4) is 28.7 Å². The van der Waals surface area contributed by atoms with E-state index in [0.717, 1.165) is 0 Å². The second-order valence-corrected chi connectivity index (χ2v) is 13.3. The van der Waals surface area contributed by atoms with Crippen LogP contribution in [0.4, 0.5) is 0 Å². The standard InChI is InChI=1S/C39H39BrO12/c1-15-12-24(41)14-26(48-10)28(15)38(46)51-33-21(7)20(6)30(32(42)31(33)40)39(47)50-25-13-16(2)27(18(4)17(25)3)37(45)52-35-22(8)19(5)29(36(43)44)23(9)34(35)49-11/h12-14,28,42H,1-11H3,(H,43,44). The van der Waals surface area contributed by atoms with Crippen molar-refractivity contribution in [2.24, 2.45) is 5.92 Å². The fourth-order valence-corrected chi connectivity index (χ4v) is 6.84. The number of aromatic carboxylic acids is 1. The van der Waals surface area contributed by atoms with Gasteiger partial charge in [-0.2, -0.15) is 0 Å². The van der Waals surface area contributed by atoms with Crippen LogP contribution in [-0.4, -0.2) is 54.1 Å². The van der Waals surface area contributed by atoms with Crippen LogP contribution >= 0.6 is 15.9 Å². The number of carbonyl (C=O) groups is 5. The Labute approximate surface area is 309 Å². The van der Waals surface area contributed by atoms with Gasteiger partial charge in [0.2, 0.25) is 0 Å². The van der Waals surface area contributed by atoms with Gasteiger partial charge in [0.15, 0.2) is 23.0 Å². The number of carbonyl (C=O) groups excluding carboxylic acids is 4. The average molecular weight is 780 g/mol. The lowest BCUT2D eigenvalue weighted by molar-refractivity contribution is -0.137. The number of hydrogen-bond donors (Lipinski definition) is 2. The van der Waals surface area contributed by atoms with E-state index in [1.165, 1.54) is 32.4 Å². The first-order valence-electron chi connectivity index (χ1n) is 16.0. The number of esters is 3. The maximum Gasteiger partial charge on any atom is 0.347 e. The van der Waals surface area contributed by atoms with E-state index in [1.54, 1.807) is 62.3 Å². The van der Waals surface area contributed by atoms with Crippen molar-refractivity contribution in [1.29, 1.82) is 0 Å². The third kappa shape index (κ3) is 6.92. The molecule has 12 nitrogen and oxygen atoms in total. The van der Waals surface area contributed by atoms with Crippen LogP contribution in [0.25, 0.3) is 0 Å². The van der Waals surface area contributed by atoms with Crippen molar-refractivity contribution in [3.05, 3.63) is 95.2 Å². The minimum Gasteiger partial charge on any atom is -0.506 e. The van der Waals surface area contributed by atoms with E-state index >= 15 is 0 Å². The summed E-state index contributed by atoms with van der Waals surface area (Å²) in [5.74, 6) is -4.95. The molecule has 0 aromatic heterocycles. The highest BCUT2D eigenvalue weighted by molar-refractivity contribution is 9.10. The van der Waals surface area contributed by atoms with E-state index in [2.05, 4.69) is 15.9 Å². The monoisotopic (exact) mass is 778 g/mol. The highest BCUT2D eigenvalue weighted by Crippen LogP contribution is 2.44. The van der Waals surface area contributed by atoms with Gasteiger partial charge in [0.1, 0.15) is 33.2 Å². The molecule has 0 heterocycles. The van der Waals surface area contributed by atoms with Crippen LogP contribution in [0.1, 0.15) is 82.5 Å². The van der Waals surface area contributed by atoms with Gasteiger partial charge in [0, 0.05) is 11.6 Å². The van der Waals surface area contributed by atoms with Gasteiger partial charge in [-0.25, -0.2) is 14.4 Å². The topological polar surface area (TPSA) is 172 Å². The summed E-state index contributed by atoms with van der Waals surface area (Å²) in [4.78, 5) is 64.5. The SMILES string of the molecule is COC1=CC(=O)C=C(C)C1C(=O)Oc1c(C)c(C)c(C(=O)Oc2cc(C)c(C(=O)Oc3c(C)c(C)c(C(=O)O)c(C)c3OC)c(C)c2C)c(O)c1Br. The van der Waals surface area contributed by atoms with Crippen LogP contribution < -0.4 is 18.9 Å². The molecule has 0 fully saturated rings. The number of methoxy groups -OCH3 is 2. The normalized spacial score (nSPS) is 13.9. The van der Waals surface area contributed by atoms with Crippen molar-refractivity contribution >= 4 is 45.6 Å². The Morgan fingerprint density at radius 1 is 0.654 bits per heavy atom. The first-order chi connectivity index (χ1) is 24.3. The molecule has 274 valence electrons. The summed E-state index contributed by atoms with van der Waals surface area (Å²) in [6, 6.07) is 1.50. The van der Waals surface area contributed by atoms with E-state index < -0.39 is 35.5 Å². The molecule has 4 rings (SSSR count). The molecule has 1 atom stereocenters. The largest absolute Gasteiger partial charge is 0.506 e. The molecule has 1 unspecified atom stereocenters. The summed E-state index contributed by atoms with van der Waals surface area (Å²) < 4.78 is 28.0. The number of ketones is 1. The van der Waals surface area contributed by atoms with Gasteiger partial charge in [-0.15, -0.1) is 0 Å². The molecule has 0 spiro atoms. The van der Waals surface area contributed by atoms with Crippen molar-refractivity contribution in [3.63, 3.8) is 0 Å². The number of aromatic hydroxyl groups is 1. The van der Waals surface area contributed by atoms with Crippen LogP contribution in [0, 0.1) is 61.3 Å². The lowest BCUT2D eigenvalue weighted by Crippen LogP contribution is -2.28. The molecule has 1 aliphatic rings. The third-order valence-corrected chi connectivity index (χ3v) is 10.2. The van der Waals surface area contributed by atoms with Crippen LogP contribution in [0.5, 0.6) is 28.7 Å². The van der Waals surface area contributed by atoms with Crippen LogP contribution in [0.15, 0.2) is 34.0 Å². The number of carboxylic acid groups (broad SMARTS) is 1. The average Bonchev–Trinajstić information content (AvgIpc) is 3.06. The highest BCUT2D eigenvalue weighted by atomic mass is 79.9. The maximum absolute atomic E-state index is 13.7. The van der Waals surface area contributed by atoms with Gasteiger partial charge in [-0.1, -0.05) is 0 Å². The van der Waals surface area contributed by atoms with E-state index in [-0.39, 0.29) is 61.3 Å². The molecule has 52 heavy (non-hydrogen) atoms. The second-order valence-electron chi connectivity index (χ2n) is 12.5. The molecule has 13 heteroatoms. The quantitative estimate of drug-likeness (QED) is 0.164. The zero-order valence-electron chi connectivity index (χ0n) is 30.7. The molecule has 0 amide bonds. The number of ether oxygens (including phenoxy) is 5. The summed E-state index contributed by atoms with van der Waals surface area (Å²) in [6.07, 6.45) is 2.51. The molecule has 3 aromatic rings. The minimum absolute atomic E-state index is 0.0303. The molecule has 0 radical (unpaired) electrons. The molecule has 0 saturated heterocycles. The number of phenols is 1. The van der Waals surface area contributed by atoms with Crippen LogP contribution in [0.3, 0.4) is 0 Å². The lowest BCUT2D eigenvalue weighted by Gasteiger charge is -2.23. The van der Waals surface area contributed by atoms with Gasteiger partial charge < -0.3 is 33.9 Å². The number of halogens is 1. The molecule has 2 N–H and O–H groups in total. The van der Waals surface area contributed by atoms with E-state index in [0.29, 0.717) is 44.5 Å². The van der Waals surface area contributed by atoms with Crippen LogP contribution in [-0.2, 0) is 14.3 Å². The molecule has 1 aliphatic carbocycles. The van der Waals surface area contributed by atoms with E-state index in [4.69, 9.17) is 23.7 Å². The number of hydrogen-bond acceptors (Lipinski definition) is 11. The molecule has 3 aromatic carbocycles. The van der Waals surface area contributed by atoms with Gasteiger partial charge in [0.25, 0.3) is 0 Å². The number of allylic oxidation sites excluding steroid dienone is 2. The Morgan fingerprint density at radius 3 is 1.79 bits per heavy atom. The van der Waals surface area contributed by atoms with Gasteiger partial charge in [-0.3, -0.25) is 9.59 Å². The number of phenolic OH excluding ortho intramolecular Hbond substituents is 1. The summed E-state index contributed by atoms with van der Waals surface area (Å²) in [6.45, 7) is 14.6. The predicted molar refractivity (Wildman–Crippen MR) is 193 cm³/mol. The molecular weight excluding hydrogens is 740 g/mol. The number of carboxylic acids is 1. The summed E-state index contributed by atoms with van der Waals surface area (Å²) in [7, 11) is 2.70. The number of aryl methyl sites for hydroxylation is 1. The Bertz CT molecular complexity index is 2130. The van der Waals surface area contributed by atoms with Crippen molar-refractivity contribution in [1.82, 2.24) is 0 Å². The fraction of sp³-hybridized carbons (Fsp3) is 0.308. The zero-order chi connectivity index (χ0) is 39.1. The Kier molecular flexibility index (Phi) is 11.4. The maximum atomic E-state index is 13.7. The van der Waals surface area contributed by atoms with Crippen molar-refractivity contribution in [2.75, 3.05) is 14.2 Å². The second kappa shape index (κ2) is 15.0. The first kappa shape index (κ1) is 39.4. The van der Waals surface area contributed by atoms with Crippen LogP contribution in [0.2, 0.25) is 0 Å². The van der Waals surface area contributed by atoms with Crippen molar-refractivity contribution < 1.29 is 57.9 Å². The van der Waals surface area contributed by atoms with Crippen molar-refractivity contribution in [2.45, 2.75) is 62.3 Å². The fourth-order valence-electron chi connectivity index (χ4n) is 6.27. The van der Waals surface area contributed by atoms with E-state index in [9.17, 15) is 34.2 Å². The van der Waals surface area contributed by atoms with Gasteiger partial charge in [-0.05, 0) is 135 Å². The molecular formula is C39H39BrO12. The predicted octanol–water partition coefficient (Wildman–Crippen LogP) is 7.35. The lowest BCUT2D eigenvalue weighted by atomic mass is 9.92. The first-order valence-corrected chi connectivity index (χ1v) is 16.7. The van der Waals surface area contributed by atoms with Gasteiger partial charge >= 0.3 is 23.9 Å². The summed E-state index contributed by atoms with van der Waals surface area (Å²) in [5.41, 5.74) is 3.62. The van der Waals surface area contributed by atoms with Gasteiger partial charge in [0.05, 0.1) is 25.3 Å². The number of benzene rings is 3. The zero-order valence-corrected chi connectivity index (χ0v) is 32.3. The summed E-state index contributed by atoms with van der Waals surface area (Å²) >= 11 is 3.27. The molecule has 0 bridgehead atoms. The molecule has 0 aliphatic heterocycles. The third-order valence-electron chi connectivity index (χ3n) is 9.46.